The van der Waals surface area contributed by atoms with Crippen molar-refractivity contribution in [3.05, 3.63) is 94.3 Å². The number of halogens is 1. The minimum absolute atomic E-state index is 0.216. The molecule has 0 bridgehead atoms. The quantitative estimate of drug-likeness (QED) is 0.188. The lowest BCUT2D eigenvalue weighted by atomic mass is 10.2. The minimum atomic E-state index is -4.03. The first-order valence-corrected chi connectivity index (χ1v) is 12.3. The van der Waals surface area contributed by atoms with E-state index < -0.39 is 14.9 Å². The zero-order valence-electron chi connectivity index (χ0n) is 17.2. The predicted octanol–water partition coefficient (Wildman–Crippen LogP) is 4.45. The number of carbonyl (C=O) groups is 1. The van der Waals surface area contributed by atoms with Crippen LogP contribution in [0, 0.1) is 15.9 Å². The molecule has 0 fully saturated rings. The highest BCUT2D eigenvalue weighted by molar-refractivity contribution is 7.99. The molecule has 0 saturated carbocycles. The van der Waals surface area contributed by atoms with Crippen LogP contribution in [-0.4, -0.2) is 31.5 Å². The fraction of sp³-hybridized carbons (Fsp3) is 0.136. The van der Waals surface area contributed by atoms with Gasteiger partial charge in [0, 0.05) is 34.8 Å². The molecule has 0 saturated heterocycles. The molecule has 33 heavy (non-hydrogen) atoms. The average Bonchev–Trinajstić information content (AvgIpc) is 2.80. The van der Waals surface area contributed by atoms with Crippen molar-refractivity contribution in [3.8, 4) is 0 Å². The Morgan fingerprint density at radius 2 is 1.73 bits per heavy atom. The van der Waals surface area contributed by atoms with E-state index >= 15 is 0 Å². The van der Waals surface area contributed by atoms with E-state index in [1.54, 1.807) is 23.9 Å². The maximum atomic E-state index is 12.9. The van der Waals surface area contributed by atoms with E-state index in [4.69, 9.17) is 0 Å². The molecule has 0 heterocycles. The third-order valence-corrected chi connectivity index (χ3v) is 6.90. The molecule has 0 aliphatic carbocycles. The highest BCUT2D eigenvalue weighted by Crippen LogP contribution is 2.21. The Bertz CT molecular complexity index is 1230. The second-order valence-electron chi connectivity index (χ2n) is 6.85. The van der Waals surface area contributed by atoms with Crippen LogP contribution < -0.4 is 10.0 Å². The van der Waals surface area contributed by atoms with Crippen LogP contribution in [0.5, 0.6) is 0 Å². The molecule has 8 nitrogen and oxygen atoms in total. The predicted molar refractivity (Wildman–Crippen MR) is 124 cm³/mol. The van der Waals surface area contributed by atoms with Gasteiger partial charge >= 0.3 is 0 Å². The molecule has 2 N–H and O–H groups in total. The fourth-order valence-corrected chi connectivity index (χ4v) is 4.72. The lowest BCUT2D eigenvalue weighted by Crippen LogP contribution is -2.24. The molecule has 11 heteroatoms. The zero-order valence-corrected chi connectivity index (χ0v) is 18.9. The number of benzene rings is 3. The minimum Gasteiger partial charge on any atom is -0.352 e. The van der Waals surface area contributed by atoms with Gasteiger partial charge in [-0.05, 0) is 66.8 Å². The van der Waals surface area contributed by atoms with Gasteiger partial charge in [-0.1, -0.05) is 6.07 Å². The van der Waals surface area contributed by atoms with E-state index in [-0.39, 0.29) is 28.0 Å². The van der Waals surface area contributed by atoms with Gasteiger partial charge in [-0.25, -0.2) is 12.8 Å². The Hall–Kier alpha value is -3.44. The summed E-state index contributed by atoms with van der Waals surface area (Å²) in [6.45, 7) is 0.453. The van der Waals surface area contributed by atoms with Gasteiger partial charge in [0.2, 0.25) is 0 Å². The van der Waals surface area contributed by atoms with Crippen molar-refractivity contribution < 1.29 is 22.5 Å². The maximum absolute atomic E-state index is 12.9. The van der Waals surface area contributed by atoms with Crippen LogP contribution in [0.3, 0.4) is 0 Å². The van der Waals surface area contributed by atoms with Crippen molar-refractivity contribution in [3.63, 3.8) is 0 Å². The summed E-state index contributed by atoms with van der Waals surface area (Å²) in [5, 5.41) is 13.7. The lowest BCUT2D eigenvalue weighted by molar-refractivity contribution is -0.385. The molecule has 0 aliphatic rings. The number of carbonyl (C=O) groups excluding carboxylic acids is 1. The summed E-state index contributed by atoms with van der Waals surface area (Å²) >= 11 is 1.56. The van der Waals surface area contributed by atoms with E-state index in [9.17, 15) is 27.7 Å². The van der Waals surface area contributed by atoms with Crippen LogP contribution in [0.25, 0.3) is 0 Å². The zero-order chi connectivity index (χ0) is 23.8. The summed E-state index contributed by atoms with van der Waals surface area (Å²) in [7, 11) is -4.03. The second-order valence-corrected chi connectivity index (χ2v) is 9.70. The van der Waals surface area contributed by atoms with Crippen molar-refractivity contribution in [2.24, 2.45) is 0 Å². The summed E-state index contributed by atoms with van der Waals surface area (Å²) in [6.07, 6.45) is 0.717. The molecule has 0 atom stereocenters. The van der Waals surface area contributed by atoms with E-state index in [0.717, 1.165) is 23.1 Å². The van der Waals surface area contributed by atoms with Crippen LogP contribution >= 0.6 is 11.8 Å². The van der Waals surface area contributed by atoms with Crippen LogP contribution in [0.4, 0.5) is 15.8 Å². The molecule has 3 aromatic rings. The molecular weight excluding hydrogens is 469 g/mol. The number of hydrogen-bond donors (Lipinski definition) is 2. The molecular formula is C22H20FN3O5S2. The van der Waals surface area contributed by atoms with E-state index in [2.05, 4.69) is 10.0 Å². The van der Waals surface area contributed by atoms with Crippen molar-refractivity contribution in [1.82, 2.24) is 5.32 Å². The first-order valence-electron chi connectivity index (χ1n) is 9.78. The van der Waals surface area contributed by atoms with Gasteiger partial charge in [0.25, 0.3) is 21.6 Å². The Kier molecular flexibility index (Phi) is 8.01. The van der Waals surface area contributed by atoms with Crippen molar-refractivity contribution in [2.75, 3.05) is 17.0 Å². The molecule has 172 valence electrons. The molecule has 0 aromatic heterocycles. The van der Waals surface area contributed by atoms with Crippen molar-refractivity contribution in [1.29, 1.82) is 0 Å². The summed E-state index contributed by atoms with van der Waals surface area (Å²) < 4.78 is 40.2. The second kappa shape index (κ2) is 10.9. The highest BCUT2D eigenvalue weighted by atomic mass is 32.2. The van der Waals surface area contributed by atoms with Gasteiger partial charge in [0.05, 0.1) is 9.82 Å². The molecule has 1 amide bonds. The van der Waals surface area contributed by atoms with Gasteiger partial charge in [0.15, 0.2) is 0 Å². The Morgan fingerprint density at radius 1 is 1.03 bits per heavy atom. The van der Waals surface area contributed by atoms with Crippen molar-refractivity contribution >= 4 is 39.1 Å². The number of non-ortho nitro benzene ring substituents is 1. The number of hydrogen-bond acceptors (Lipinski definition) is 6. The summed E-state index contributed by atoms with van der Waals surface area (Å²) in [6, 6.07) is 16.8. The molecule has 0 radical (unpaired) electrons. The van der Waals surface area contributed by atoms with Crippen molar-refractivity contribution in [2.45, 2.75) is 16.2 Å². The van der Waals surface area contributed by atoms with E-state index in [0.29, 0.717) is 12.1 Å². The molecule has 3 aromatic carbocycles. The van der Waals surface area contributed by atoms with Gasteiger partial charge in [-0.15, -0.1) is 11.8 Å². The number of rotatable bonds is 10. The number of nitro benzene ring substituents is 1. The third kappa shape index (κ3) is 7.02. The first-order chi connectivity index (χ1) is 15.7. The number of nitrogens with zero attached hydrogens (tertiary/aromatic N) is 1. The summed E-state index contributed by atoms with van der Waals surface area (Å²) in [5.74, 6) is 0.175. The topological polar surface area (TPSA) is 118 Å². The first kappa shape index (κ1) is 24.2. The number of nitro groups is 1. The fourth-order valence-electron chi connectivity index (χ4n) is 2.76. The normalized spacial score (nSPS) is 11.1. The maximum Gasteiger partial charge on any atom is 0.270 e. The Morgan fingerprint density at radius 3 is 2.39 bits per heavy atom. The smallest absolute Gasteiger partial charge is 0.270 e. The SMILES string of the molecule is O=C(NCCCSc1ccc(F)cc1)c1ccc(NS(=O)(=O)c2cccc([N+](=O)[O-])c2)cc1. The van der Waals surface area contributed by atoms with E-state index in [1.165, 1.54) is 54.6 Å². The van der Waals surface area contributed by atoms with Crippen LogP contribution in [0.2, 0.25) is 0 Å². The average molecular weight is 490 g/mol. The van der Waals surface area contributed by atoms with Crippen LogP contribution in [-0.2, 0) is 10.0 Å². The lowest BCUT2D eigenvalue weighted by Gasteiger charge is -2.09. The molecule has 0 unspecified atom stereocenters. The largest absolute Gasteiger partial charge is 0.352 e. The Balaban J connectivity index is 1.49. The van der Waals surface area contributed by atoms with Crippen LogP contribution in [0.15, 0.2) is 82.6 Å². The summed E-state index contributed by atoms with van der Waals surface area (Å²) in [4.78, 5) is 23.2. The Labute approximate surface area is 194 Å². The van der Waals surface area contributed by atoms with Gasteiger partial charge < -0.3 is 5.32 Å². The number of anilines is 1. The number of amides is 1. The van der Waals surface area contributed by atoms with Crippen LogP contribution in [0.1, 0.15) is 16.8 Å². The van der Waals surface area contributed by atoms with Gasteiger partial charge in [-0.2, -0.15) is 0 Å². The van der Waals surface area contributed by atoms with E-state index in [1.807, 2.05) is 0 Å². The number of nitrogens with one attached hydrogen (secondary N) is 2. The highest BCUT2D eigenvalue weighted by Gasteiger charge is 2.18. The van der Waals surface area contributed by atoms with Gasteiger partial charge in [0.1, 0.15) is 5.82 Å². The summed E-state index contributed by atoms with van der Waals surface area (Å²) in [5.41, 5.74) is 0.245. The number of sulfonamides is 1. The standard InChI is InChI=1S/C22H20FN3O5S2/c23-17-7-11-20(12-8-17)32-14-2-13-24-22(27)16-5-9-18(10-6-16)25-33(30,31)21-4-1-3-19(15-21)26(28)29/h1,3-12,15,25H,2,13-14H2,(H,24,27). The van der Waals surface area contributed by atoms with Gasteiger partial charge in [-0.3, -0.25) is 19.6 Å². The number of thioether (sulfide) groups is 1. The molecule has 0 aliphatic heterocycles. The third-order valence-electron chi connectivity index (χ3n) is 4.43. The monoisotopic (exact) mass is 489 g/mol. The molecule has 3 rings (SSSR count). The molecule has 0 spiro atoms.